The number of carbonyl (C=O) groups is 1. The number of fused-ring (bicyclic) bond motifs is 5. The molecular formula is C26H45NO4. The van der Waals surface area contributed by atoms with E-state index in [0.717, 1.165) is 51.0 Å². The van der Waals surface area contributed by atoms with Crippen molar-refractivity contribution in [1.29, 1.82) is 0 Å². The molecule has 4 unspecified atom stereocenters. The molecule has 0 amide bonds. The molecule has 5 nitrogen and oxygen atoms in total. The maximum absolute atomic E-state index is 11.6. The largest absolute Gasteiger partial charge is 0.480 e. The second-order valence-corrected chi connectivity index (χ2v) is 12.1. The molecule has 4 fully saturated rings. The number of nitrogens with one attached hydrogen (secondary N) is 1. The first-order chi connectivity index (χ1) is 14.7. The van der Waals surface area contributed by atoms with Crippen LogP contribution in [0.15, 0.2) is 0 Å². The Morgan fingerprint density at radius 2 is 1.84 bits per heavy atom. The van der Waals surface area contributed by atoms with Crippen LogP contribution in [0.4, 0.5) is 0 Å². The molecule has 0 bridgehead atoms. The van der Waals surface area contributed by atoms with Crippen LogP contribution in [-0.4, -0.2) is 46.6 Å². The van der Waals surface area contributed by atoms with E-state index in [-0.39, 0.29) is 24.2 Å². The minimum absolute atomic E-state index is 0.0203. The molecule has 0 heterocycles. The zero-order valence-electron chi connectivity index (χ0n) is 19.9. The quantitative estimate of drug-likeness (QED) is 0.453. The maximum atomic E-state index is 11.6. The second kappa shape index (κ2) is 8.95. The second-order valence-electron chi connectivity index (χ2n) is 12.1. The van der Waals surface area contributed by atoms with E-state index >= 15 is 0 Å². The van der Waals surface area contributed by atoms with E-state index in [4.69, 9.17) is 5.11 Å². The normalized spacial score (nSPS) is 47.8. The first kappa shape index (κ1) is 23.5. The molecule has 5 heteroatoms. The van der Waals surface area contributed by atoms with Crippen molar-refractivity contribution >= 4 is 5.97 Å². The molecule has 0 radical (unpaired) electrons. The predicted molar refractivity (Wildman–Crippen MR) is 122 cm³/mol. The summed E-state index contributed by atoms with van der Waals surface area (Å²) in [6.45, 7) is 8.02. The Hall–Kier alpha value is -0.650. The van der Waals surface area contributed by atoms with Gasteiger partial charge in [0.2, 0.25) is 0 Å². The molecule has 0 aromatic heterocycles. The Kier molecular flexibility index (Phi) is 6.78. The number of carboxylic acids is 1. The minimum atomic E-state index is -0.796. The number of hydrogen-bond donors (Lipinski definition) is 4. The van der Waals surface area contributed by atoms with Crippen LogP contribution >= 0.6 is 0 Å². The number of rotatable bonds is 7. The molecule has 4 saturated carbocycles. The monoisotopic (exact) mass is 435 g/mol. The lowest BCUT2D eigenvalue weighted by Crippen LogP contribution is -2.58. The molecule has 10 atom stereocenters. The Morgan fingerprint density at radius 1 is 1.06 bits per heavy atom. The van der Waals surface area contributed by atoms with Gasteiger partial charge in [0, 0.05) is 0 Å². The molecule has 4 rings (SSSR count). The Morgan fingerprint density at radius 3 is 2.58 bits per heavy atom. The maximum Gasteiger partial charge on any atom is 0.317 e. The van der Waals surface area contributed by atoms with E-state index in [1.807, 2.05) is 0 Å². The van der Waals surface area contributed by atoms with Crippen LogP contribution in [0.1, 0.15) is 85.0 Å². The van der Waals surface area contributed by atoms with Crippen molar-refractivity contribution in [2.24, 2.45) is 46.3 Å². The van der Waals surface area contributed by atoms with E-state index in [2.05, 4.69) is 26.1 Å². The van der Waals surface area contributed by atoms with Gasteiger partial charge < -0.3 is 20.6 Å². The third-order valence-corrected chi connectivity index (χ3v) is 10.8. The SMILES string of the molecule is C[C@H](CCCNCC(=O)O)C1CCC2C3CC[C@@H]4C[C@H](O)CC[C@]4(C)C3C[C@H](O)[C@@]21C. The minimum Gasteiger partial charge on any atom is -0.480 e. The van der Waals surface area contributed by atoms with Crippen molar-refractivity contribution in [2.75, 3.05) is 13.1 Å². The van der Waals surface area contributed by atoms with Crippen LogP contribution in [0.3, 0.4) is 0 Å². The van der Waals surface area contributed by atoms with Gasteiger partial charge in [-0.2, -0.15) is 0 Å². The van der Waals surface area contributed by atoms with Crippen LogP contribution in [0.2, 0.25) is 0 Å². The molecule has 31 heavy (non-hydrogen) atoms. The summed E-state index contributed by atoms with van der Waals surface area (Å²) >= 11 is 0. The van der Waals surface area contributed by atoms with E-state index < -0.39 is 5.97 Å². The summed E-state index contributed by atoms with van der Waals surface area (Å²) in [4.78, 5) is 10.7. The summed E-state index contributed by atoms with van der Waals surface area (Å²) in [5.41, 5.74) is 0.316. The smallest absolute Gasteiger partial charge is 0.317 e. The molecule has 178 valence electrons. The summed E-state index contributed by atoms with van der Waals surface area (Å²) in [6, 6.07) is 0. The van der Waals surface area contributed by atoms with Gasteiger partial charge in [0.25, 0.3) is 0 Å². The molecule has 4 aliphatic carbocycles. The summed E-state index contributed by atoms with van der Waals surface area (Å²) in [7, 11) is 0. The molecule has 0 saturated heterocycles. The number of aliphatic hydroxyl groups is 2. The highest BCUT2D eigenvalue weighted by Gasteiger charge is 2.63. The van der Waals surface area contributed by atoms with Gasteiger partial charge in [-0.05, 0) is 117 Å². The van der Waals surface area contributed by atoms with Crippen LogP contribution < -0.4 is 5.32 Å². The van der Waals surface area contributed by atoms with Crippen molar-refractivity contribution in [1.82, 2.24) is 5.32 Å². The van der Waals surface area contributed by atoms with E-state index in [0.29, 0.717) is 35.0 Å². The highest BCUT2D eigenvalue weighted by molar-refractivity contribution is 5.68. The number of aliphatic carboxylic acids is 1. The summed E-state index contributed by atoms with van der Waals surface area (Å²) in [6.07, 6.45) is 10.7. The van der Waals surface area contributed by atoms with Gasteiger partial charge in [-0.15, -0.1) is 0 Å². The summed E-state index contributed by atoms with van der Waals surface area (Å²) in [5.74, 6) is 2.93. The molecule has 0 spiro atoms. The lowest BCUT2D eigenvalue weighted by Gasteiger charge is -2.62. The molecular weight excluding hydrogens is 390 g/mol. The highest BCUT2D eigenvalue weighted by Crippen LogP contribution is 2.68. The van der Waals surface area contributed by atoms with Crippen LogP contribution in [0.25, 0.3) is 0 Å². The van der Waals surface area contributed by atoms with Crippen molar-refractivity contribution in [2.45, 2.75) is 97.2 Å². The molecule has 0 aromatic carbocycles. The molecule has 4 aliphatic rings. The Balaban J connectivity index is 1.43. The molecule has 4 N–H and O–H groups in total. The van der Waals surface area contributed by atoms with Gasteiger partial charge in [0.15, 0.2) is 0 Å². The lowest BCUT2D eigenvalue weighted by molar-refractivity contribution is -0.174. The highest BCUT2D eigenvalue weighted by atomic mass is 16.4. The fraction of sp³-hybridized carbons (Fsp3) is 0.962. The Labute approximate surface area is 188 Å². The average Bonchev–Trinajstić information content (AvgIpc) is 3.07. The van der Waals surface area contributed by atoms with E-state index in [1.54, 1.807) is 0 Å². The van der Waals surface area contributed by atoms with Crippen LogP contribution in [-0.2, 0) is 4.79 Å². The summed E-state index contributed by atoms with van der Waals surface area (Å²) < 4.78 is 0. The van der Waals surface area contributed by atoms with Gasteiger partial charge in [0.05, 0.1) is 18.8 Å². The zero-order chi connectivity index (χ0) is 22.4. The van der Waals surface area contributed by atoms with Gasteiger partial charge in [-0.3, -0.25) is 4.79 Å². The predicted octanol–water partition coefficient (Wildman–Crippen LogP) is 4.07. The topological polar surface area (TPSA) is 89.8 Å². The van der Waals surface area contributed by atoms with Gasteiger partial charge in [-0.25, -0.2) is 0 Å². The van der Waals surface area contributed by atoms with Crippen LogP contribution in [0, 0.1) is 46.3 Å². The third-order valence-electron chi connectivity index (χ3n) is 10.8. The fourth-order valence-corrected chi connectivity index (χ4v) is 9.11. The number of hydrogen-bond acceptors (Lipinski definition) is 4. The lowest BCUT2D eigenvalue weighted by atomic mass is 9.43. The first-order valence-electron chi connectivity index (χ1n) is 13.0. The first-order valence-corrected chi connectivity index (χ1v) is 13.0. The molecule has 0 aromatic rings. The van der Waals surface area contributed by atoms with Crippen molar-refractivity contribution in [3.05, 3.63) is 0 Å². The average molecular weight is 436 g/mol. The van der Waals surface area contributed by atoms with Gasteiger partial charge >= 0.3 is 5.97 Å². The summed E-state index contributed by atoms with van der Waals surface area (Å²) in [5, 5.41) is 33.6. The van der Waals surface area contributed by atoms with Gasteiger partial charge in [0.1, 0.15) is 0 Å². The Bertz CT molecular complexity index is 655. The zero-order valence-corrected chi connectivity index (χ0v) is 19.9. The number of carboxylic acid groups (broad SMARTS) is 1. The molecule has 0 aliphatic heterocycles. The van der Waals surface area contributed by atoms with Gasteiger partial charge in [-0.1, -0.05) is 20.8 Å². The fourth-order valence-electron chi connectivity index (χ4n) is 9.11. The van der Waals surface area contributed by atoms with Crippen molar-refractivity contribution < 1.29 is 20.1 Å². The standard InChI is InChI=1S/C26H45NO4/c1-16(5-4-12-27-15-24(30)31)20-8-9-21-19-7-6-17-13-18(28)10-11-25(17,2)22(19)14-23(29)26(20,21)3/h16-23,27-29H,4-15H2,1-3H3,(H,30,31)/t16-,17-,18-,19?,20?,21?,22?,23+,25+,26-/m1/s1. The van der Waals surface area contributed by atoms with E-state index in [9.17, 15) is 15.0 Å². The third kappa shape index (κ3) is 4.08. The van der Waals surface area contributed by atoms with Crippen molar-refractivity contribution in [3.8, 4) is 0 Å². The van der Waals surface area contributed by atoms with Crippen molar-refractivity contribution in [3.63, 3.8) is 0 Å². The van der Waals surface area contributed by atoms with Crippen LogP contribution in [0.5, 0.6) is 0 Å². The van der Waals surface area contributed by atoms with E-state index in [1.165, 1.54) is 25.7 Å². The number of aliphatic hydroxyl groups excluding tert-OH is 2.